The second-order valence-corrected chi connectivity index (χ2v) is 16.7. The van der Waals surface area contributed by atoms with Gasteiger partial charge in [-0.3, -0.25) is 22.9 Å². The van der Waals surface area contributed by atoms with Crippen molar-refractivity contribution in [2.24, 2.45) is 0 Å². The van der Waals surface area contributed by atoms with Crippen LogP contribution in [0.25, 0.3) is 32.5 Å². The quantitative estimate of drug-likeness (QED) is 0.0808. The third-order valence-corrected chi connectivity index (χ3v) is 12.5. The number of fused-ring (bicyclic) bond motifs is 2. The van der Waals surface area contributed by atoms with Crippen LogP contribution in [-0.2, 0) is 47.9 Å². The number of ether oxygens (including phenoxy) is 3. The number of aromatic nitrogens is 4. The number of benzene rings is 2. The van der Waals surface area contributed by atoms with Gasteiger partial charge >= 0.3 is 10.1 Å². The summed E-state index contributed by atoms with van der Waals surface area (Å²) in [5, 5.41) is 5.61. The molecule has 2 saturated heterocycles. The van der Waals surface area contributed by atoms with E-state index in [1.54, 1.807) is 30.4 Å². The summed E-state index contributed by atoms with van der Waals surface area (Å²) in [7, 11) is -3.92. The van der Waals surface area contributed by atoms with Crippen molar-refractivity contribution in [1.29, 1.82) is 0 Å². The van der Waals surface area contributed by atoms with E-state index in [9.17, 15) is 17.2 Å². The van der Waals surface area contributed by atoms with E-state index in [4.69, 9.17) is 28.4 Å². The first-order valence-electron chi connectivity index (χ1n) is 18.0. The zero-order chi connectivity index (χ0) is 37.7. The molecule has 15 nitrogen and oxygen atoms in total. The molecule has 18 heteroatoms. The van der Waals surface area contributed by atoms with Crippen LogP contribution < -0.4 is 9.64 Å². The summed E-state index contributed by atoms with van der Waals surface area (Å²) in [5.41, 5.74) is 3.59. The standard InChI is InChI=1S/C36H45N7O8S3/c1-3-51-54(46,47)33-8-7-26(2)21-32(33)50-20-19-49-18-15-43-31-6-4-5-28(29(31)23-37-43)35-38-30-22-27(24-40-9-11-41(12-10-40)25-53(44)45)52-34(30)36(39-35)42-13-16-48-17-14-42/h4-8,21-23H,3,9-20,24-25H2,1-2H3,(H,44,45)/p-1. The number of hydrogen-bond donors (Lipinski definition) is 0. The van der Waals surface area contributed by atoms with E-state index in [-0.39, 0.29) is 36.3 Å². The number of nitrogens with zero attached hydrogens (tertiary/aromatic N) is 7. The van der Waals surface area contributed by atoms with Crippen LogP contribution in [-0.4, -0.2) is 132 Å². The van der Waals surface area contributed by atoms with E-state index in [1.807, 2.05) is 40.9 Å². The van der Waals surface area contributed by atoms with Gasteiger partial charge in [-0.1, -0.05) is 18.2 Å². The summed E-state index contributed by atoms with van der Waals surface area (Å²) >= 11 is -0.350. The Morgan fingerprint density at radius 1 is 0.981 bits per heavy atom. The van der Waals surface area contributed by atoms with Gasteiger partial charge in [0, 0.05) is 61.6 Å². The van der Waals surface area contributed by atoms with E-state index >= 15 is 0 Å². The number of thiophene rings is 1. The first-order chi connectivity index (χ1) is 26.2. The number of piperazine rings is 1. The average molecular weight is 799 g/mol. The Morgan fingerprint density at radius 2 is 1.78 bits per heavy atom. The van der Waals surface area contributed by atoms with Crippen molar-refractivity contribution in [2.75, 3.05) is 89.7 Å². The van der Waals surface area contributed by atoms with E-state index in [0.29, 0.717) is 32.2 Å². The molecular weight excluding hydrogens is 755 g/mol. The Hall–Kier alpha value is -3.59. The predicted octanol–water partition coefficient (Wildman–Crippen LogP) is 3.63. The van der Waals surface area contributed by atoms with Gasteiger partial charge in [-0.05, 0) is 54.8 Å². The van der Waals surface area contributed by atoms with Gasteiger partial charge in [0.15, 0.2) is 11.6 Å². The third kappa shape index (κ3) is 9.09. The van der Waals surface area contributed by atoms with Crippen molar-refractivity contribution in [3.8, 4) is 17.1 Å². The Labute approximate surface area is 321 Å². The number of rotatable bonds is 16. The number of morpholine rings is 1. The Kier molecular flexibility index (Phi) is 12.5. The lowest BCUT2D eigenvalue weighted by Crippen LogP contribution is -2.46. The van der Waals surface area contributed by atoms with Gasteiger partial charge in [-0.2, -0.15) is 13.5 Å². The summed E-state index contributed by atoms with van der Waals surface area (Å²) in [6.07, 6.45) is 1.84. The fraction of sp³-hybridized carbons (Fsp3) is 0.472. The first-order valence-corrected chi connectivity index (χ1v) is 21.4. The number of hydrogen-bond acceptors (Lipinski definition) is 15. The summed E-state index contributed by atoms with van der Waals surface area (Å²) < 4.78 is 72.6. The maximum absolute atomic E-state index is 12.5. The molecule has 2 fully saturated rings. The van der Waals surface area contributed by atoms with Gasteiger partial charge in [-0.25, -0.2) is 9.97 Å². The summed E-state index contributed by atoms with van der Waals surface area (Å²) in [6.45, 7) is 11.4. The molecule has 0 N–H and O–H groups in total. The molecule has 1 atom stereocenters. The fourth-order valence-corrected chi connectivity index (χ4v) is 9.44. The van der Waals surface area contributed by atoms with E-state index in [1.165, 1.54) is 10.9 Å². The largest absolute Gasteiger partial charge is 0.771 e. The minimum Gasteiger partial charge on any atom is -0.771 e. The molecule has 54 heavy (non-hydrogen) atoms. The highest BCUT2D eigenvalue weighted by Gasteiger charge is 2.24. The maximum atomic E-state index is 12.5. The highest BCUT2D eigenvalue weighted by atomic mass is 32.2. The zero-order valence-electron chi connectivity index (χ0n) is 30.3. The molecule has 2 aliphatic rings. The van der Waals surface area contributed by atoms with Crippen LogP contribution in [0.1, 0.15) is 17.4 Å². The molecule has 0 aliphatic carbocycles. The summed E-state index contributed by atoms with van der Waals surface area (Å²) in [6, 6.07) is 13.1. The normalized spacial score (nSPS) is 16.8. The van der Waals surface area contributed by atoms with Gasteiger partial charge in [0.2, 0.25) is 0 Å². The van der Waals surface area contributed by atoms with Gasteiger partial charge < -0.3 is 23.7 Å². The van der Waals surface area contributed by atoms with E-state index in [2.05, 4.69) is 21.0 Å². The van der Waals surface area contributed by atoms with Crippen LogP contribution in [0.3, 0.4) is 0 Å². The van der Waals surface area contributed by atoms with Crippen LogP contribution >= 0.6 is 11.3 Å². The molecule has 5 heterocycles. The van der Waals surface area contributed by atoms with Gasteiger partial charge in [0.1, 0.15) is 17.3 Å². The van der Waals surface area contributed by atoms with Crippen LogP contribution in [0, 0.1) is 6.92 Å². The van der Waals surface area contributed by atoms with Gasteiger partial charge in [0.25, 0.3) is 0 Å². The lowest BCUT2D eigenvalue weighted by atomic mass is 10.1. The van der Waals surface area contributed by atoms with E-state index in [0.717, 1.165) is 83.9 Å². The lowest BCUT2D eigenvalue weighted by Gasteiger charge is -2.34. The molecule has 2 aromatic carbocycles. The monoisotopic (exact) mass is 798 g/mol. The molecule has 7 rings (SSSR count). The van der Waals surface area contributed by atoms with Gasteiger partial charge in [0.05, 0.1) is 67.4 Å². The highest BCUT2D eigenvalue weighted by molar-refractivity contribution is 7.86. The van der Waals surface area contributed by atoms with Crippen LogP contribution in [0.5, 0.6) is 5.75 Å². The Balaban J connectivity index is 1.04. The van der Waals surface area contributed by atoms with Crippen molar-refractivity contribution in [1.82, 2.24) is 29.5 Å². The van der Waals surface area contributed by atoms with Gasteiger partial charge in [-0.15, -0.1) is 11.3 Å². The van der Waals surface area contributed by atoms with Crippen molar-refractivity contribution in [2.45, 2.75) is 31.8 Å². The minimum absolute atomic E-state index is 0.00234. The molecule has 0 amide bonds. The first kappa shape index (κ1) is 38.7. The van der Waals surface area contributed by atoms with Crippen molar-refractivity contribution in [3.63, 3.8) is 0 Å². The molecule has 3 aromatic heterocycles. The molecule has 0 saturated carbocycles. The van der Waals surface area contributed by atoms with Crippen LogP contribution in [0.2, 0.25) is 0 Å². The maximum Gasteiger partial charge on any atom is 0.300 e. The molecular formula is C36H44N7O8S3-. The number of aryl methyl sites for hydroxylation is 1. The zero-order valence-corrected chi connectivity index (χ0v) is 32.8. The Morgan fingerprint density at radius 3 is 2.56 bits per heavy atom. The molecule has 290 valence electrons. The fourth-order valence-electron chi connectivity index (χ4n) is 6.69. The highest BCUT2D eigenvalue weighted by Crippen LogP contribution is 2.37. The third-order valence-electron chi connectivity index (χ3n) is 9.35. The molecule has 5 aromatic rings. The second kappa shape index (κ2) is 17.5. The summed E-state index contributed by atoms with van der Waals surface area (Å²) in [4.78, 5) is 18.1. The topological polar surface area (TPSA) is 165 Å². The molecule has 0 bridgehead atoms. The SMILES string of the molecule is CCOS(=O)(=O)c1ccc(C)cc1OCCOCCn1ncc2c(-c3nc(N4CCOCC4)c4sc(CN5CCN(CS(=O)[O-])CC5)cc4n3)cccc21. The lowest BCUT2D eigenvalue weighted by molar-refractivity contribution is 0.0922. The minimum atomic E-state index is -3.92. The van der Waals surface area contributed by atoms with Crippen LogP contribution in [0.15, 0.2) is 53.6 Å². The number of anilines is 1. The average Bonchev–Trinajstić information content (AvgIpc) is 3.77. The second-order valence-electron chi connectivity index (χ2n) is 13.1. The summed E-state index contributed by atoms with van der Waals surface area (Å²) in [5.74, 6) is 1.86. The Bertz CT molecular complexity index is 2200. The van der Waals surface area contributed by atoms with E-state index < -0.39 is 21.2 Å². The predicted molar refractivity (Wildman–Crippen MR) is 206 cm³/mol. The molecule has 1 unspecified atom stereocenters. The molecule has 0 radical (unpaired) electrons. The molecule has 2 aliphatic heterocycles. The van der Waals surface area contributed by atoms with Crippen molar-refractivity contribution >= 4 is 59.5 Å². The van der Waals surface area contributed by atoms with Crippen LogP contribution in [0.4, 0.5) is 5.82 Å². The van der Waals surface area contributed by atoms with Crippen molar-refractivity contribution < 1.29 is 35.6 Å². The van der Waals surface area contributed by atoms with Crippen molar-refractivity contribution in [3.05, 3.63) is 59.1 Å². The smallest absolute Gasteiger partial charge is 0.300 e. The molecule has 0 spiro atoms.